The van der Waals surface area contributed by atoms with Crippen molar-refractivity contribution >= 4 is 12.0 Å². The lowest BCUT2D eigenvalue weighted by Gasteiger charge is -2.04. The van der Waals surface area contributed by atoms with Crippen LogP contribution < -0.4 is 10.1 Å². The van der Waals surface area contributed by atoms with Crippen LogP contribution in [0.2, 0.25) is 0 Å². The van der Waals surface area contributed by atoms with Crippen molar-refractivity contribution in [1.29, 1.82) is 0 Å². The van der Waals surface area contributed by atoms with Crippen LogP contribution in [0.15, 0.2) is 54.6 Å². The fourth-order valence-corrected chi connectivity index (χ4v) is 1.96. The zero-order chi connectivity index (χ0) is 15.8. The summed E-state index contributed by atoms with van der Waals surface area (Å²) in [4.78, 5) is 11.7. The summed E-state index contributed by atoms with van der Waals surface area (Å²) in [6, 6.07) is 14.0. The van der Waals surface area contributed by atoms with E-state index in [-0.39, 0.29) is 11.7 Å². The van der Waals surface area contributed by atoms with Gasteiger partial charge >= 0.3 is 0 Å². The van der Waals surface area contributed by atoms with E-state index in [1.807, 2.05) is 24.3 Å². The Hall–Kier alpha value is -2.62. The number of rotatable bonds is 6. The smallest absolute Gasteiger partial charge is 0.244 e. The highest BCUT2D eigenvalue weighted by molar-refractivity contribution is 5.91. The number of nitrogens with one attached hydrogen (secondary N) is 1. The summed E-state index contributed by atoms with van der Waals surface area (Å²) >= 11 is 0. The minimum absolute atomic E-state index is 0.239. The van der Waals surface area contributed by atoms with Crippen LogP contribution >= 0.6 is 0 Å². The van der Waals surface area contributed by atoms with E-state index in [1.54, 1.807) is 25.3 Å². The third kappa shape index (κ3) is 4.74. The quantitative estimate of drug-likeness (QED) is 0.832. The molecule has 0 aliphatic heterocycles. The van der Waals surface area contributed by atoms with E-state index in [1.165, 1.54) is 18.2 Å². The Kier molecular flexibility index (Phi) is 5.72. The lowest BCUT2D eigenvalue weighted by Crippen LogP contribution is -2.23. The lowest BCUT2D eigenvalue weighted by atomic mass is 10.1. The van der Waals surface area contributed by atoms with Crippen LogP contribution in [0.5, 0.6) is 5.75 Å². The fraction of sp³-hybridized carbons (Fsp3) is 0.167. The van der Waals surface area contributed by atoms with Gasteiger partial charge in [-0.05, 0) is 36.3 Å². The van der Waals surface area contributed by atoms with Crippen LogP contribution in [0.25, 0.3) is 6.08 Å². The van der Waals surface area contributed by atoms with E-state index in [0.29, 0.717) is 12.1 Å². The van der Waals surface area contributed by atoms with Gasteiger partial charge in [0.2, 0.25) is 5.91 Å². The molecule has 4 heteroatoms. The second kappa shape index (κ2) is 7.98. The summed E-state index contributed by atoms with van der Waals surface area (Å²) in [6.45, 7) is 0.521. The van der Waals surface area contributed by atoms with Gasteiger partial charge in [-0.2, -0.15) is 0 Å². The summed E-state index contributed by atoms with van der Waals surface area (Å²) in [7, 11) is 1.62. The minimum atomic E-state index is -0.343. The summed E-state index contributed by atoms with van der Waals surface area (Å²) < 4.78 is 18.5. The molecule has 0 saturated carbocycles. The second-order valence-corrected chi connectivity index (χ2v) is 4.74. The molecule has 3 nitrogen and oxygen atoms in total. The topological polar surface area (TPSA) is 38.3 Å². The molecule has 2 rings (SSSR count). The van der Waals surface area contributed by atoms with Crippen molar-refractivity contribution in [3.8, 4) is 5.75 Å². The van der Waals surface area contributed by atoms with Crippen molar-refractivity contribution in [3.63, 3.8) is 0 Å². The van der Waals surface area contributed by atoms with Gasteiger partial charge in [-0.25, -0.2) is 4.39 Å². The van der Waals surface area contributed by atoms with Crippen LogP contribution in [0, 0.1) is 5.82 Å². The second-order valence-electron chi connectivity index (χ2n) is 4.74. The minimum Gasteiger partial charge on any atom is -0.497 e. The van der Waals surface area contributed by atoms with Crippen molar-refractivity contribution < 1.29 is 13.9 Å². The van der Waals surface area contributed by atoms with Crippen molar-refractivity contribution in [2.24, 2.45) is 0 Å². The first-order valence-electron chi connectivity index (χ1n) is 7.02. The number of halogens is 1. The molecule has 2 aromatic carbocycles. The van der Waals surface area contributed by atoms with Gasteiger partial charge in [0, 0.05) is 18.2 Å². The normalized spacial score (nSPS) is 10.6. The number of hydrogen-bond donors (Lipinski definition) is 1. The van der Waals surface area contributed by atoms with Crippen LogP contribution in [-0.2, 0) is 11.2 Å². The van der Waals surface area contributed by atoms with Gasteiger partial charge in [0.1, 0.15) is 11.6 Å². The number of benzene rings is 2. The molecule has 0 radical (unpaired) electrons. The van der Waals surface area contributed by atoms with Gasteiger partial charge in [0.15, 0.2) is 0 Å². The molecule has 1 amide bonds. The van der Waals surface area contributed by atoms with Crippen LogP contribution in [0.3, 0.4) is 0 Å². The molecular weight excluding hydrogens is 281 g/mol. The zero-order valence-corrected chi connectivity index (χ0v) is 12.4. The Balaban J connectivity index is 1.79. The average Bonchev–Trinajstić information content (AvgIpc) is 2.55. The zero-order valence-electron chi connectivity index (χ0n) is 12.4. The van der Waals surface area contributed by atoms with E-state index in [9.17, 15) is 9.18 Å². The number of hydrogen-bond acceptors (Lipinski definition) is 2. The molecule has 0 saturated heterocycles. The standard InChI is InChI=1S/C18H18FNO2/c1-22-16-9-6-14(7-10-16)12-13-20-18(21)11-8-15-4-2-3-5-17(15)19/h2-11H,12-13H2,1H3,(H,20,21). The Labute approximate surface area is 129 Å². The van der Waals surface area contributed by atoms with Gasteiger partial charge in [-0.15, -0.1) is 0 Å². The van der Waals surface area contributed by atoms with Crippen LogP contribution in [0.4, 0.5) is 4.39 Å². The van der Waals surface area contributed by atoms with Gasteiger partial charge in [0.05, 0.1) is 7.11 Å². The number of methoxy groups -OCH3 is 1. The number of carbonyl (C=O) groups is 1. The van der Waals surface area contributed by atoms with Crippen molar-refractivity contribution in [3.05, 3.63) is 71.6 Å². The van der Waals surface area contributed by atoms with Crippen LogP contribution in [-0.4, -0.2) is 19.6 Å². The van der Waals surface area contributed by atoms with E-state index >= 15 is 0 Å². The highest BCUT2D eigenvalue weighted by Crippen LogP contribution is 2.11. The number of amides is 1. The van der Waals surface area contributed by atoms with Gasteiger partial charge in [-0.3, -0.25) is 4.79 Å². The van der Waals surface area contributed by atoms with Gasteiger partial charge in [-0.1, -0.05) is 30.3 Å². The molecule has 0 unspecified atom stereocenters. The third-order valence-corrected chi connectivity index (χ3v) is 3.19. The monoisotopic (exact) mass is 299 g/mol. The van der Waals surface area contributed by atoms with E-state index in [2.05, 4.69) is 5.32 Å². The molecule has 0 atom stereocenters. The molecule has 0 aromatic heterocycles. The summed E-state index contributed by atoms with van der Waals surface area (Å²) in [6.07, 6.45) is 3.54. The van der Waals surface area contributed by atoms with Crippen molar-refractivity contribution in [2.45, 2.75) is 6.42 Å². The first-order chi connectivity index (χ1) is 10.7. The van der Waals surface area contributed by atoms with Gasteiger partial charge in [0.25, 0.3) is 0 Å². The predicted molar refractivity (Wildman–Crippen MR) is 85.1 cm³/mol. The largest absolute Gasteiger partial charge is 0.497 e. The van der Waals surface area contributed by atoms with E-state index in [4.69, 9.17) is 4.74 Å². The average molecular weight is 299 g/mol. The number of carbonyl (C=O) groups excluding carboxylic acids is 1. The Morgan fingerprint density at radius 2 is 1.91 bits per heavy atom. The molecule has 0 fully saturated rings. The summed E-state index contributed by atoms with van der Waals surface area (Å²) in [5, 5.41) is 2.77. The molecular formula is C18H18FNO2. The van der Waals surface area contributed by atoms with E-state index < -0.39 is 0 Å². The SMILES string of the molecule is COc1ccc(CCNC(=O)C=Cc2ccccc2F)cc1. The molecule has 1 N–H and O–H groups in total. The molecule has 114 valence electrons. The third-order valence-electron chi connectivity index (χ3n) is 3.19. The lowest BCUT2D eigenvalue weighted by molar-refractivity contribution is -0.116. The van der Waals surface area contributed by atoms with E-state index in [0.717, 1.165) is 17.7 Å². The van der Waals surface area contributed by atoms with Crippen molar-refractivity contribution in [2.75, 3.05) is 13.7 Å². The molecule has 2 aromatic rings. The maximum Gasteiger partial charge on any atom is 0.244 e. The molecule has 0 spiro atoms. The van der Waals surface area contributed by atoms with Crippen molar-refractivity contribution in [1.82, 2.24) is 5.32 Å². The Morgan fingerprint density at radius 3 is 2.59 bits per heavy atom. The first-order valence-corrected chi connectivity index (χ1v) is 7.02. The molecule has 0 aliphatic rings. The molecule has 22 heavy (non-hydrogen) atoms. The van der Waals surface area contributed by atoms with Gasteiger partial charge < -0.3 is 10.1 Å². The Bertz CT molecular complexity index is 650. The molecule has 0 aliphatic carbocycles. The fourth-order valence-electron chi connectivity index (χ4n) is 1.96. The van der Waals surface area contributed by atoms with Crippen LogP contribution in [0.1, 0.15) is 11.1 Å². The first kappa shape index (κ1) is 15.8. The highest BCUT2D eigenvalue weighted by atomic mass is 19.1. The Morgan fingerprint density at radius 1 is 1.18 bits per heavy atom. The summed E-state index contributed by atoms with van der Waals surface area (Å²) in [5.74, 6) is 0.224. The predicted octanol–water partition coefficient (Wildman–Crippen LogP) is 3.21. The molecule has 0 bridgehead atoms. The summed E-state index contributed by atoms with van der Waals surface area (Å²) in [5.41, 5.74) is 1.51. The number of ether oxygens (including phenoxy) is 1. The molecule has 0 heterocycles. The highest BCUT2D eigenvalue weighted by Gasteiger charge is 1.99. The maximum absolute atomic E-state index is 13.4. The maximum atomic E-state index is 13.4.